The SMILES string of the molecule is CC(C)N1CCC(N(CC(F)(F)F)S(=O)(=O)CCNC(=O)c2ccc(Cl)s2)CC1. The average Bonchev–Trinajstić information content (AvgIpc) is 3.05. The minimum atomic E-state index is -4.64. The molecular weight excluding hydrogens is 451 g/mol. The zero-order chi connectivity index (χ0) is 21.8. The van der Waals surface area contributed by atoms with E-state index in [4.69, 9.17) is 11.6 Å². The molecule has 29 heavy (non-hydrogen) atoms. The molecule has 0 atom stereocenters. The number of piperidine rings is 1. The van der Waals surface area contributed by atoms with E-state index in [1.54, 1.807) is 0 Å². The Morgan fingerprint density at radius 1 is 1.34 bits per heavy atom. The van der Waals surface area contributed by atoms with Crippen molar-refractivity contribution in [2.24, 2.45) is 0 Å². The number of halogens is 4. The fourth-order valence-electron chi connectivity index (χ4n) is 3.26. The van der Waals surface area contributed by atoms with Crippen LogP contribution in [0.3, 0.4) is 0 Å². The third-order valence-corrected chi connectivity index (χ3v) is 7.86. The summed E-state index contributed by atoms with van der Waals surface area (Å²) in [6, 6.07) is 2.58. The third kappa shape index (κ3) is 7.39. The minimum Gasteiger partial charge on any atom is -0.350 e. The van der Waals surface area contributed by atoms with Crippen molar-refractivity contribution >= 4 is 38.9 Å². The molecule has 0 radical (unpaired) electrons. The molecule has 1 aliphatic rings. The number of sulfonamides is 1. The van der Waals surface area contributed by atoms with E-state index in [2.05, 4.69) is 10.2 Å². The molecule has 1 aromatic rings. The Kier molecular flexibility index (Phi) is 8.37. The lowest BCUT2D eigenvalue weighted by Gasteiger charge is -2.39. The molecule has 1 saturated heterocycles. The van der Waals surface area contributed by atoms with E-state index < -0.39 is 40.4 Å². The first-order valence-electron chi connectivity index (χ1n) is 9.23. The number of rotatable bonds is 8. The number of hydrogen-bond acceptors (Lipinski definition) is 5. The second-order valence-corrected chi connectivity index (χ2v) is 11.0. The quantitative estimate of drug-likeness (QED) is 0.627. The number of carbonyl (C=O) groups excluding carboxylic acids is 1. The predicted octanol–water partition coefficient (Wildman–Crippen LogP) is 3.20. The summed E-state index contributed by atoms with van der Waals surface area (Å²) < 4.78 is 65.6. The highest BCUT2D eigenvalue weighted by Gasteiger charge is 2.41. The number of amides is 1. The van der Waals surface area contributed by atoms with Gasteiger partial charge in [0.2, 0.25) is 10.0 Å². The van der Waals surface area contributed by atoms with Gasteiger partial charge in [0.05, 0.1) is 15.0 Å². The molecular formula is C17H25ClF3N3O3S2. The lowest BCUT2D eigenvalue weighted by molar-refractivity contribution is -0.140. The van der Waals surface area contributed by atoms with Crippen LogP contribution in [0, 0.1) is 0 Å². The molecule has 2 rings (SSSR count). The molecule has 1 N–H and O–H groups in total. The van der Waals surface area contributed by atoms with Gasteiger partial charge < -0.3 is 10.2 Å². The second-order valence-electron chi connectivity index (χ2n) is 7.20. The molecule has 1 aliphatic heterocycles. The van der Waals surface area contributed by atoms with Crippen LogP contribution in [0.15, 0.2) is 12.1 Å². The summed E-state index contributed by atoms with van der Waals surface area (Å²) in [5.41, 5.74) is 0. The van der Waals surface area contributed by atoms with Crippen molar-refractivity contribution in [2.75, 3.05) is 31.9 Å². The van der Waals surface area contributed by atoms with Crippen molar-refractivity contribution in [3.63, 3.8) is 0 Å². The van der Waals surface area contributed by atoms with Gasteiger partial charge in [0.1, 0.15) is 6.54 Å². The summed E-state index contributed by atoms with van der Waals surface area (Å²) in [5, 5.41) is 2.43. The fraction of sp³-hybridized carbons (Fsp3) is 0.706. The highest BCUT2D eigenvalue weighted by atomic mass is 35.5. The zero-order valence-electron chi connectivity index (χ0n) is 16.2. The third-order valence-electron chi connectivity index (χ3n) is 4.77. The molecule has 12 heteroatoms. The zero-order valence-corrected chi connectivity index (χ0v) is 18.6. The average molecular weight is 476 g/mol. The minimum absolute atomic E-state index is 0.254. The van der Waals surface area contributed by atoms with E-state index >= 15 is 0 Å². The molecule has 6 nitrogen and oxygen atoms in total. The molecule has 2 heterocycles. The number of likely N-dealkylation sites (tertiary alicyclic amines) is 1. The Morgan fingerprint density at radius 2 is 1.97 bits per heavy atom. The number of nitrogens with zero attached hydrogens (tertiary/aromatic N) is 2. The normalized spacial score (nSPS) is 17.2. The van der Waals surface area contributed by atoms with Gasteiger partial charge in [-0.3, -0.25) is 4.79 Å². The van der Waals surface area contributed by atoms with Crippen LogP contribution in [0.1, 0.15) is 36.4 Å². The van der Waals surface area contributed by atoms with Crippen LogP contribution in [0.4, 0.5) is 13.2 Å². The van der Waals surface area contributed by atoms with Crippen molar-refractivity contribution in [1.82, 2.24) is 14.5 Å². The molecule has 1 amide bonds. The summed E-state index contributed by atoms with van der Waals surface area (Å²) in [7, 11) is -4.21. The van der Waals surface area contributed by atoms with Gasteiger partial charge in [-0.1, -0.05) is 11.6 Å². The van der Waals surface area contributed by atoms with E-state index in [0.29, 0.717) is 39.4 Å². The topological polar surface area (TPSA) is 69.7 Å². The Hall–Kier alpha value is -0.880. The molecule has 0 bridgehead atoms. The van der Waals surface area contributed by atoms with Gasteiger partial charge in [0, 0.05) is 18.6 Å². The molecule has 0 aromatic carbocycles. The van der Waals surface area contributed by atoms with Gasteiger partial charge in [0.15, 0.2) is 0 Å². The largest absolute Gasteiger partial charge is 0.402 e. The molecule has 166 valence electrons. The van der Waals surface area contributed by atoms with Gasteiger partial charge in [-0.05, 0) is 51.9 Å². The first kappa shape index (κ1) is 24.4. The lowest BCUT2D eigenvalue weighted by atomic mass is 10.0. The van der Waals surface area contributed by atoms with Crippen LogP contribution >= 0.6 is 22.9 Å². The first-order chi connectivity index (χ1) is 13.4. The maximum Gasteiger partial charge on any atom is 0.402 e. The van der Waals surface area contributed by atoms with E-state index in [1.165, 1.54) is 12.1 Å². The number of alkyl halides is 3. The summed E-state index contributed by atoms with van der Waals surface area (Å²) >= 11 is 6.79. The van der Waals surface area contributed by atoms with Crippen molar-refractivity contribution in [1.29, 1.82) is 0 Å². The van der Waals surface area contributed by atoms with Gasteiger partial charge in [-0.15, -0.1) is 11.3 Å². The summed E-state index contributed by atoms with van der Waals surface area (Å²) in [5.74, 6) is -1.11. The molecule has 1 aromatic heterocycles. The van der Waals surface area contributed by atoms with Gasteiger partial charge in [0.25, 0.3) is 5.91 Å². The second kappa shape index (κ2) is 9.95. The van der Waals surface area contributed by atoms with Crippen molar-refractivity contribution < 1.29 is 26.4 Å². The maximum atomic E-state index is 13.1. The van der Waals surface area contributed by atoms with Gasteiger partial charge >= 0.3 is 6.18 Å². The Morgan fingerprint density at radius 3 is 2.45 bits per heavy atom. The predicted molar refractivity (Wildman–Crippen MR) is 108 cm³/mol. The number of nitrogens with one attached hydrogen (secondary N) is 1. The monoisotopic (exact) mass is 475 g/mol. The summed E-state index contributed by atoms with van der Waals surface area (Å²) in [4.78, 5) is 14.4. The number of hydrogen-bond donors (Lipinski definition) is 1. The maximum absolute atomic E-state index is 13.1. The first-order valence-corrected chi connectivity index (χ1v) is 12.0. The van der Waals surface area contributed by atoms with Gasteiger partial charge in [-0.2, -0.15) is 17.5 Å². The van der Waals surface area contributed by atoms with E-state index in [-0.39, 0.29) is 12.6 Å². The van der Waals surface area contributed by atoms with Crippen LogP contribution in [0.5, 0.6) is 0 Å². The molecule has 0 saturated carbocycles. The molecule has 0 unspecified atom stereocenters. The number of thiophene rings is 1. The Bertz CT molecular complexity index is 791. The van der Waals surface area contributed by atoms with E-state index in [1.807, 2.05) is 13.8 Å². The summed E-state index contributed by atoms with van der Waals surface area (Å²) in [6.07, 6.45) is -3.96. The van der Waals surface area contributed by atoms with Gasteiger partial charge in [-0.25, -0.2) is 8.42 Å². The summed E-state index contributed by atoms with van der Waals surface area (Å²) in [6.45, 7) is 3.28. The van der Waals surface area contributed by atoms with E-state index in [9.17, 15) is 26.4 Å². The highest BCUT2D eigenvalue weighted by molar-refractivity contribution is 7.89. The standard InChI is InChI=1S/C17H25ClF3N3O3S2/c1-12(2)23-8-5-13(6-9-23)24(11-17(19,20)21)29(26,27)10-7-22-16(25)14-3-4-15(18)28-14/h3-4,12-13H,5-11H2,1-2H3,(H,22,25). The lowest BCUT2D eigenvalue weighted by Crippen LogP contribution is -2.52. The molecule has 1 fully saturated rings. The molecule has 0 spiro atoms. The Labute approximate surface area is 178 Å². The van der Waals surface area contributed by atoms with Crippen molar-refractivity contribution in [3.05, 3.63) is 21.3 Å². The van der Waals surface area contributed by atoms with Crippen LogP contribution < -0.4 is 5.32 Å². The van der Waals surface area contributed by atoms with Crippen LogP contribution in [-0.4, -0.2) is 73.7 Å². The smallest absolute Gasteiger partial charge is 0.350 e. The molecule has 0 aliphatic carbocycles. The highest BCUT2D eigenvalue weighted by Crippen LogP contribution is 2.26. The van der Waals surface area contributed by atoms with Crippen molar-refractivity contribution in [3.8, 4) is 0 Å². The van der Waals surface area contributed by atoms with E-state index in [0.717, 1.165) is 11.3 Å². The van der Waals surface area contributed by atoms with Crippen LogP contribution in [0.25, 0.3) is 0 Å². The van der Waals surface area contributed by atoms with Crippen LogP contribution in [0.2, 0.25) is 4.34 Å². The van der Waals surface area contributed by atoms with Crippen molar-refractivity contribution in [2.45, 2.75) is 44.9 Å². The Balaban J connectivity index is 2.01. The number of carbonyl (C=O) groups is 1. The fourth-order valence-corrected chi connectivity index (χ4v) is 5.82. The van der Waals surface area contributed by atoms with Crippen LogP contribution in [-0.2, 0) is 10.0 Å².